The third-order valence-electron chi connectivity index (χ3n) is 3.60. The molecule has 0 bridgehead atoms. The number of carbonyl (C=O) groups excluding carboxylic acids is 1. The van der Waals surface area contributed by atoms with Crippen molar-refractivity contribution >= 4 is 40.9 Å². The third-order valence-corrected chi connectivity index (χ3v) is 5.04. The van der Waals surface area contributed by atoms with Crippen LogP contribution in [0.5, 0.6) is 0 Å². The maximum atomic E-state index is 13.0. The fraction of sp³-hybridized carbons (Fsp3) is 0.118. The second-order valence-corrected chi connectivity index (χ2v) is 7.07. The minimum Gasteiger partial charge on any atom is -0.368 e. The van der Waals surface area contributed by atoms with Gasteiger partial charge in [0.1, 0.15) is 5.25 Å². The molecule has 0 spiro atoms. The van der Waals surface area contributed by atoms with Crippen LogP contribution in [0.3, 0.4) is 0 Å². The van der Waals surface area contributed by atoms with E-state index >= 15 is 0 Å². The number of anilines is 2. The fourth-order valence-electron chi connectivity index (χ4n) is 2.31. The highest BCUT2D eigenvalue weighted by molar-refractivity contribution is 8.00. The number of hydrogen-bond donors (Lipinski definition) is 3. The summed E-state index contributed by atoms with van der Waals surface area (Å²) in [6, 6.07) is 11.4. The zero-order valence-corrected chi connectivity index (χ0v) is 15.6. The molecule has 0 aliphatic carbocycles. The van der Waals surface area contributed by atoms with Crippen molar-refractivity contribution in [3.8, 4) is 0 Å². The molecule has 0 aliphatic rings. The van der Waals surface area contributed by atoms with Crippen molar-refractivity contribution in [2.24, 2.45) is 0 Å². The van der Waals surface area contributed by atoms with Crippen molar-refractivity contribution in [2.45, 2.75) is 16.6 Å². The zero-order chi connectivity index (χ0) is 20.3. The van der Waals surface area contributed by atoms with E-state index in [-0.39, 0.29) is 21.8 Å². The number of aromatic nitrogens is 3. The average Bonchev–Trinajstić information content (AvgIpc) is 3.06. The van der Waals surface area contributed by atoms with Crippen LogP contribution in [0.1, 0.15) is 16.4 Å². The van der Waals surface area contributed by atoms with Crippen molar-refractivity contribution in [3.05, 3.63) is 64.7 Å². The fourth-order valence-corrected chi connectivity index (χ4v) is 3.40. The molecule has 146 valence electrons. The molecular formula is C17H13ClF3N5OS. The normalized spacial score (nSPS) is 12.6. The van der Waals surface area contributed by atoms with Gasteiger partial charge in [-0.05, 0) is 23.8 Å². The number of thioether (sulfide) groups is 1. The van der Waals surface area contributed by atoms with Crippen molar-refractivity contribution < 1.29 is 18.0 Å². The summed E-state index contributed by atoms with van der Waals surface area (Å²) in [5.41, 5.74) is 5.05. The first-order chi connectivity index (χ1) is 13.2. The maximum Gasteiger partial charge on any atom is 0.416 e. The molecular weight excluding hydrogens is 415 g/mol. The lowest BCUT2D eigenvalue weighted by atomic mass is 10.1. The van der Waals surface area contributed by atoms with E-state index < -0.39 is 22.9 Å². The van der Waals surface area contributed by atoms with Crippen LogP contribution in [0.15, 0.2) is 53.7 Å². The Morgan fingerprint density at radius 1 is 1.21 bits per heavy atom. The highest BCUT2D eigenvalue weighted by Crippen LogP contribution is 2.37. The van der Waals surface area contributed by atoms with E-state index in [1.54, 1.807) is 30.3 Å². The molecule has 0 fully saturated rings. The summed E-state index contributed by atoms with van der Waals surface area (Å²) in [6.07, 6.45) is -4.56. The minimum atomic E-state index is -4.56. The van der Waals surface area contributed by atoms with Crippen LogP contribution in [0, 0.1) is 0 Å². The summed E-state index contributed by atoms with van der Waals surface area (Å²) < 4.78 is 38.9. The number of hydrogen-bond acceptors (Lipinski definition) is 5. The van der Waals surface area contributed by atoms with E-state index in [1.165, 1.54) is 0 Å². The molecule has 1 atom stereocenters. The summed E-state index contributed by atoms with van der Waals surface area (Å²) >= 11 is 6.96. The van der Waals surface area contributed by atoms with Gasteiger partial charge in [0.15, 0.2) is 0 Å². The van der Waals surface area contributed by atoms with Gasteiger partial charge in [-0.3, -0.25) is 4.79 Å². The maximum absolute atomic E-state index is 13.0. The Labute approximate surface area is 166 Å². The van der Waals surface area contributed by atoms with Gasteiger partial charge in [0, 0.05) is 0 Å². The first kappa shape index (κ1) is 20.0. The number of rotatable bonds is 5. The molecule has 0 saturated carbocycles. The second-order valence-electron chi connectivity index (χ2n) is 5.59. The lowest BCUT2D eigenvalue weighted by molar-refractivity contribution is -0.137. The van der Waals surface area contributed by atoms with Crippen LogP contribution in [-0.2, 0) is 11.0 Å². The number of nitrogens with one attached hydrogen (secondary N) is 2. The van der Waals surface area contributed by atoms with E-state index in [4.69, 9.17) is 17.3 Å². The monoisotopic (exact) mass is 427 g/mol. The number of amides is 1. The number of nitrogens with two attached hydrogens (primary N) is 1. The Morgan fingerprint density at radius 2 is 1.93 bits per heavy atom. The van der Waals surface area contributed by atoms with Crippen molar-refractivity contribution in [1.82, 2.24) is 15.2 Å². The van der Waals surface area contributed by atoms with E-state index in [1.807, 2.05) is 0 Å². The van der Waals surface area contributed by atoms with Crippen molar-refractivity contribution in [2.75, 3.05) is 11.1 Å². The summed E-state index contributed by atoms with van der Waals surface area (Å²) in [5, 5.41) is 8.17. The number of nitrogens with zero attached hydrogens (tertiary/aromatic N) is 2. The van der Waals surface area contributed by atoms with Crippen LogP contribution >= 0.6 is 23.4 Å². The number of carbonyl (C=O) groups is 1. The highest BCUT2D eigenvalue weighted by Gasteiger charge is 2.32. The SMILES string of the molecule is Nc1nc(S[C@H](C(=O)Nc2cc(C(F)(F)F)ccc2Cl)c2ccccc2)n[nH]1. The number of H-pyrrole nitrogens is 1. The van der Waals surface area contributed by atoms with Crippen LogP contribution in [0.4, 0.5) is 24.8 Å². The van der Waals surface area contributed by atoms with E-state index in [2.05, 4.69) is 20.5 Å². The topological polar surface area (TPSA) is 96.7 Å². The highest BCUT2D eigenvalue weighted by atomic mass is 35.5. The lowest BCUT2D eigenvalue weighted by Crippen LogP contribution is -2.20. The number of halogens is 4. The van der Waals surface area contributed by atoms with Gasteiger partial charge in [-0.1, -0.05) is 53.7 Å². The first-order valence-electron chi connectivity index (χ1n) is 7.81. The molecule has 3 rings (SSSR count). The van der Waals surface area contributed by atoms with Crippen molar-refractivity contribution in [3.63, 3.8) is 0 Å². The Kier molecular flexibility index (Phi) is 5.80. The van der Waals surface area contributed by atoms with E-state index in [0.29, 0.717) is 5.56 Å². The molecule has 1 aromatic heterocycles. The van der Waals surface area contributed by atoms with Gasteiger partial charge < -0.3 is 11.1 Å². The number of aromatic amines is 1. The predicted octanol–water partition coefficient (Wildman–Crippen LogP) is 4.53. The summed E-state index contributed by atoms with van der Waals surface area (Å²) in [5.74, 6) is -0.503. The second kappa shape index (κ2) is 8.11. The van der Waals surface area contributed by atoms with Gasteiger partial charge >= 0.3 is 6.18 Å². The summed E-state index contributed by atoms with van der Waals surface area (Å²) in [4.78, 5) is 16.8. The standard InChI is InChI=1S/C17H13ClF3N5OS/c18-11-7-6-10(17(19,20)21)8-12(11)23-14(27)13(9-4-2-1-3-5-9)28-16-24-15(22)25-26-16/h1-8,13H,(H,23,27)(H3,22,24,25,26)/t13-/m0/s1. The Balaban J connectivity index is 1.90. The van der Waals surface area contributed by atoms with Crippen LogP contribution in [0.2, 0.25) is 5.02 Å². The number of benzene rings is 2. The van der Waals surface area contributed by atoms with E-state index in [9.17, 15) is 18.0 Å². The first-order valence-corrected chi connectivity index (χ1v) is 9.07. The molecule has 0 unspecified atom stereocenters. The Morgan fingerprint density at radius 3 is 2.54 bits per heavy atom. The lowest BCUT2D eigenvalue weighted by Gasteiger charge is -2.17. The third kappa shape index (κ3) is 4.76. The Hall–Kier alpha value is -2.72. The number of nitrogen functional groups attached to an aromatic ring is 1. The van der Waals surface area contributed by atoms with Gasteiger partial charge in [0.2, 0.25) is 17.0 Å². The smallest absolute Gasteiger partial charge is 0.368 e. The van der Waals surface area contributed by atoms with E-state index in [0.717, 1.165) is 30.0 Å². The number of alkyl halides is 3. The van der Waals surface area contributed by atoms with Crippen LogP contribution in [-0.4, -0.2) is 21.1 Å². The zero-order valence-electron chi connectivity index (χ0n) is 14.0. The molecule has 2 aromatic carbocycles. The predicted molar refractivity (Wildman–Crippen MR) is 101 cm³/mol. The van der Waals surface area contributed by atoms with Gasteiger partial charge in [-0.2, -0.15) is 18.2 Å². The molecule has 1 amide bonds. The molecule has 0 aliphatic heterocycles. The average molecular weight is 428 g/mol. The van der Waals surface area contributed by atoms with Gasteiger partial charge in [0.25, 0.3) is 0 Å². The van der Waals surface area contributed by atoms with Crippen LogP contribution in [0.25, 0.3) is 0 Å². The summed E-state index contributed by atoms with van der Waals surface area (Å²) in [7, 11) is 0. The van der Waals surface area contributed by atoms with Crippen LogP contribution < -0.4 is 11.1 Å². The molecule has 6 nitrogen and oxygen atoms in total. The largest absolute Gasteiger partial charge is 0.416 e. The van der Waals surface area contributed by atoms with Gasteiger partial charge in [-0.15, -0.1) is 5.10 Å². The molecule has 11 heteroatoms. The minimum absolute atomic E-state index is 0.0136. The molecule has 3 aromatic rings. The molecule has 0 saturated heterocycles. The van der Waals surface area contributed by atoms with Gasteiger partial charge in [-0.25, -0.2) is 5.10 Å². The molecule has 1 heterocycles. The Bertz CT molecular complexity index is 980. The van der Waals surface area contributed by atoms with Gasteiger partial charge in [0.05, 0.1) is 16.3 Å². The van der Waals surface area contributed by atoms with Crippen molar-refractivity contribution in [1.29, 1.82) is 0 Å². The molecule has 0 radical (unpaired) electrons. The molecule has 4 N–H and O–H groups in total. The summed E-state index contributed by atoms with van der Waals surface area (Å²) in [6.45, 7) is 0. The molecule has 28 heavy (non-hydrogen) atoms. The quantitative estimate of drug-likeness (QED) is 0.520.